The largest absolute Gasteiger partial charge is 0.390 e. The van der Waals surface area contributed by atoms with Crippen molar-refractivity contribution >= 4 is 0 Å². The molecule has 4 saturated heterocycles. The van der Waals surface area contributed by atoms with E-state index in [0.29, 0.717) is 52.5 Å². The van der Waals surface area contributed by atoms with Crippen LogP contribution in [0.4, 0.5) is 0 Å². The summed E-state index contributed by atoms with van der Waals surface area (Å²) in [4.78, 5) is 0. The second kappa shape index (κ2) is 7.97. The molecule has 4 aliphatic heterocycles. The molecule has 0 bridgehead atoms. The molecular weight excluding hydrogens is 344 g/mol. The number of epoxide rings is 4. The van der Waals surface area contributed by atoms with Crippen LogP contribution in [0.2, 0.25) is 0 Å². The van der Waals surface area contributed by atoms with E-state index in [-0.39, 0.29) is 12.2 Å². The second-order valence-electron chi connectivity index (χ2n) is 7.96. The van der Waals surface area contributed by atoms with Crippen LogP contribution < -0.4 is 0 Å². The van der Waals surface area contributed by atoms with Gasteiger partial charge >= 0.3 is 0 Å². The highest BCUT2D eigenvalue weighted by atomic mass is 16.6. The van der Waals surface area contributed by atoms with Crippen LogP contribution in [0, 0.1) is 0 Å². The van der Waals surface area contributed by atoms with Gasteiger partial charge in [0.2, 0.25) is 0 Å². The van der Waals surface area contributed by atoms with Crippen LogP contribution >= 0.6 is 0 Å². The van der Waals surface area contributed by atoms with E-state index in [0.717, 1.165) is 26.1 Å². The fourth-order valence-corrected chi connectivity index (χ4v) is 3.19. The summed E-state index contributed by atoms with van der Waals surface area (Å²) >= 11 is 0. The predicted molar refractivity (Wildman–Crippen MR) is 89.0 cm³/mol. The van der Waals surface area contributed by atoms with E-state index in [9.17, 15) is 10.2 Å². The van der Waals surface area contributed by atoms with Gasteiger partial charge in [0, 0.05) is 0 Å². The first-order valence-electron chi connectivity index (χ1n) is 9.65. The van der Waals surface area contributed by atoms with Crippen LogP contribution in [-0.2, 0) is 28.4 Å². The summed E-state index contributed by atoms with van der Waals surface area (Å²) in [6.07, 6.45) is 2.30. The third kappa shape index (κ3) is 5.14. The number of aliphatic hydroxyl groups excluding tert-OH is 2. The monoisotopic (exact) mass is 374 g/mol. The Hall–Kier alpha value is -0.320. The van der Waals surface area contributed by atoms with Crippen molar-refractivity contribution in [3.8, 4) is 0 Å². The topological polar surface area (TPSA) is 109 Å². The highest BCUT2D eigenvalue weighted by Gasteiger charge is 2.52. The lowest BCUT2D eigenvalue weighted by Crippen LogP contribution is -2.36. The summed E-state index contributed by atoms with van der Waals surface area (Å²) in [5, 5.41) is 20.8. The molecule has 4 rings (SSSR count). The van der Waals surface area contributed by atoms with E-state index in [4.69, 9.17) is 28.4 Å². The number of aliphatic hydroxyl groups is 2. The molecule has 26 heavy (non-hydrogen) atoms. The minimum atomic E-state index is -0.535. The number of unbranched alkanes of at least 4 members (excludes halogenated alkanes) is 1. The minimum Gasteiger partial charge on any atom is -0.390 e. The molecule has 6 atom stereocenters. The van der Waals surface area contributed by atoms with E-state index in [1.807, 2.05) is 0 Å². The molecule has 8 nitrogen and oxygen atoms in total. The van der Waals surface area contributed by atoms with Gasteiger partial charge in [0.15, 0.2) is 0 Å². The molecule has 0 aromatic carbocycles. The van der Waals surface area contributed by atoms with Gasteiger partial charge in [-0.05, 0) is 12.8 Å². The van der Waals surface area contributed by atoms with E-state index in [1.165, 1.54) is 0 Å². The number of rotatable bonds is 15. The molecule has 0 aliphatic carbocycles. The summed E-state index contributed by atoms with van der Waals surface area (Å²) in [5.41, 5.74) is -1.07. The van der Waals surface area contributed by atoms with Crippen LogP contribution in [0.5, 0.6) is 0 Å². The average Bonchev–Trinajstić information content (AvgIpc) is 3.42. The standard InChI is InChI=1S/C18H30O8/c19-15(17(11-25-17)9-21-5-13-7-23-13)3-1-2-4-16(20)18(12-26-18)10-22-6-14-8-24-14/h13-16,19-20H,1-12H2. The maximum atomic E-state index is 10.4. The molecule has 0 spiro atoms. The van der Waals surface area contributed by atoms with Crippen molar-refractivity contribution in [2.45, 2.75) is 61.3 Å². The Morgan fingerprint density at radius 2 is 1.19 bits per heavy atom. The first-order chi connectivity index (χ1) is 12.6. The summed E-state index contributed by atoms with van der Waals surface area (Å²) in [6.45, 7) is 4.59. The first-order valence-corrected chi connectivity index (χ1v) is 9.65. The van der Waals surface area contributed by atoms with Crippen molar-refractivity contribution in [1.29, 1.82) is 0 Å². The summed E-state index contributed by atoms with van der Waals surface area (Å²) in [6, 6.07) is 0. The van der Waals surface area contributed by atoms with Crippen molar-refractivity contribution in [3.05, 3.63) is 0 Å². The van der Waals surface area contributed by atoms with Crippen molar-refractivity contribution in [1.82, 2.24) is 0 Å². The highest BCUT2D eigenvalue weighted by molar-refractivity contribution is 5.00. The maximum Gasteiger partial charge on any atom is 0.140 e. The summed E-state index contributed by atoms with van der Waals surface area (Å²) in [5.74, 6) is 0. The van der Waals surface area contributed by atoms with Crippen molar-refractivity contribution in [2.24, 2.45) is 0 Å². The Kier molecular flexibility index (Phi) is 5.83. The van der Waals surface area contributed by atoms with Crippen LogP contribution in [-0.4, -0.2) is 98.7 Å². The Balaban J connectivity index is 1.07. The van der Waals surface area contributed by atoms with Gasteiger partial charge in [-0.25, -0.2) is 0 Å². The first kappa shape index (κ1) is 19.0. The van der Waals surface area contributed by atoms with E-state index < -0.39 is 23.4 Å². The number of ether oxygens (including phenoxy) is 6. The Morgan fingerprint density at radius 3 is 1.50 bits per heavy atom. The van der Waals surface area contributed by atoms with Gasteiger partial charge in [0.25, 0.3) is 0 Å². The zero-order chi connectivity index (χ0) is 18.0. The van der Waals surface area contributed by atoms with Crippen LogP contribution in [0.1, 0.15) is 25.7 Å². The Labute approximate surface area is 153 Å². The molecular formula is C18H30O8. The molecule has 0 saturated carbocycles. The quantitative estimate of drug-likeness (QED) is 0.295. The average molecular weight is 374 g/mol. The zero-order valence-electron chi connectivity index (χ0n) is 15.1. The fraction of sp³-hybridized carbons (Fsp3) is 1.00. The molecule has 0 amide bonds. The fourth-order valence-electron chi connectivity index (χ4n) is 3.19. The smallest absolute Gasteiger partial charge is 0.140 e. The second-order valence-corrected chi connectivity index (χ2v) is 7.96. The predicted octanol–water partition coefficient (Wildman–Crippen LogP) is -0.363. The van der Waals surface area contributed by atoms with E-state index in [2.05, 4.69) is 0 Å². The van der Waals surface area contributed by atoms with Crippen molar-refractivity contribution in [3.63, 3.8) is 0 Å². The molecule has 0 radical (unpaired) electrons. The Bertz CT molecular complexity index is 414. The lowest BCUT2D eigenvalue weighted by molar-refractivity contribution is -0.00942. The molecule has 150 valence electrons. The van der Waals surface area contributed by atoms with Crippen LogP contribution in [0.15, 0.2) is 0 Å². The zero-order valence-corrected chi connectivity index (χ0v) is 15.1. The molecule has 2 N–H and O–H groups in total. The molecule has 8 heteroatoms. The molecule has 4 fully saturated rings. The lowest BCUT2D eigenvalue weighted by atomic mass is 9.95. The number of hydrogen-bond donors (Lipinski definition) is 2. The lowest BCUT2D eigenvalue weighted by Gasteiger charge is -2.21. The van der Waals surface area contributed by atoms with E-state index in [1.54, 1.807) is 0 Å². The molecule has 6 unspecified atom stereocenters. The van der Waals surface area contributed by atoms with Crippen molar-refractivity contribution < 1.29 is 38.6 Å². The normalized spacial score (nSPS) is 39.5. The van der Waals surface area contributed by atoms with Gasteiger partial charge in [-0.1, -0.05) is 12.8 Å². The number of hydrogen-bond acceptors (Lipinski definition) is 8. The van der Waals surface area contributed by atoms with Crippen molar-refractivity contribution in [2.75, 3.05) is 52.9 Å². The molecule has 4 heterocycles. The van der Waals surface area contributed by atoms with Gasteiger partial charge in [-0.15, -0.1) is 0 Å². The van der Waals surface area contributed by atoms with Gasteiger partial charge in [-0.2, -0.15) is 0 Å². The minimum absolute atomic E-state index is 0.224. The van der Waals surface area contributed by atoms with Crippen LogP contribution in [0.25, 0.3) is 0 Å². The summed E-state index contributed by atoms with van der Waals surface area (Å²) < 4.78 is 32.3. The van der Waals surface area contributed by atoms with Gasteiger partial charge in [0.1, 0.15) is 23.4 Å². The third-order valence-corrected chi connectivity index (χ3v) is 5.55. The Morgan fingerprint density at radius 1 is 0.808 bits per heavy atom. The van der Waals surface area contributed by atoms with Gasteiger partial charge in [-0.3, -0.25) is 0 Å². The van der Waals surface area contributed by atoms with Gasteiger partial charge < -0.3 is 38.6 Å². The SMILES string of the molecule is OC(CCCCC(O)C1(COCC2CO2)CO1)C1(COCC2CO2)CO1. The maximum absolute atomic E-state index is 10.4. The summed E-state index contributed by atoms with van der Waals surface area (Å²) in [7, 11) is 0. The van der Waals surface area contributed by atoms with Gasteiger partial charge in [0.05, 0.1) is 65.1 Å². The molecule has 4 aliphatic rings. The third-order valence-electron chi connectivity index (χ3n) is 5.55. The molecule has 0 aromatic heterocycles. The van der Waals surface area contributed by atoms with E-state index >= 15 is 0 Å². The molecule has 0 aromatic rings. The highest BCUT2D eigenvalue weighted by Crippen LogP contribution is 2.36. The van der Waals surface area contributed by atoms with Crippen LogP contribution in [0.3, 0.4) is 0 Å².